The lowest BCUT2D eigenvalue weighted by molar-refractivity contribution is 0.380. The van der Waals surface area contributed by atoms with Crippen molar-refractivity contribution in [1.82, 2.24) is 19.8 Å². The fourth-order valence-corrected chi connectivity index (χ4v) is 3.54. The summed E-state index contributed by atoms with van der Waals surface area (Å²) < 4.78 is 2.11. The molecule has 28 heavy (non-hydrogen) atoms. The van der Waals surface area contributed by atoms with Crippen LogP contribution in [0.5, 0.6) is 0 Å². The normalized spacial score (nSPS) is 11.8. The third kappa shape index (κ3) is 5.67. The number of thiocarbonyl (C=S) groups is 1. The Morgan fingerprint density at radius 1 is 1.14 bits per heavy atom. The van der Waals surface area contributed by atoms with Crippen molar-refractivity contribution >= 4 is 17.3 Å². The van der Waals surface area contributed by atoms with Crippen LogP contribution in [0.25, 0.3) is 0 Å². The summed E-state index contributed by atoms with van der Waals surface area (Å²) in [5.74, 6) is 0. The molecule has 1 N–H and O–H groups in total. The van der Waals surface area contributed by atoms with Crippen LogP contribution in [0.1, 0.15) is 36.1 Å². The average Bonchev–Trinajstić information content (AvgIpc) is 3.23. The lowest BCUT2D eigenvalue weighted by Crippen LogP contribution is -2.41. The number of imidazole rings is 1. The smallest absolute Gasteiger partial charge is 0.169 e. The summed E-state index contributed by atoms with van der Waals surface area (Å²) in [5, 5.41) is 4.31. The maximum atomic E-state index is 5.80. The Balaban J connectivity index is 1.66. The van der Waals surface area contributed by atoms with Crippen molar-refractivity contribution in [3.63, 3.8) is 0 Å². The van der Waals surface area contributed by atoms with E-state index in [1.807, 2.05) is 24.8 Å². The van der Waals surface area contributed by atoms with E-state index < -0.39 is 0 Å². The second-order valence-electron chi connectivity index (χ2n) is 7.08. The number of hydrogen-bond acceptors (Lipinski definition) is 2. The van der Waals surface area contributed by atoms with E-state index in [2.05, 4.69) is 82.1 Å². The molecule has 0 saturated heterocycles. The van der Waals surface area contributed by atoms with Crippen LogP contribution in [-0.4, -0.2) is 26.1 Å². The second kappa shape index (κ2) is 10.0. The van der Waals surface area contributed by atoms with Crippen molar-refractivity contribution in [3.05, 3.63) is 90.0 Å². The first-order chi connectivity index (χ1) is 13.6. The molecule has 5 heteroatoms. The van der Waals surface area contributed by atoms with Gasteiger partial charge in [0.05, 0.1) is 12.4 Å². The monoisotopic (exact) mass is 392 g/mol. The van der Waals surface area contributed by atoms with Gasteiger partial charge >= 0.3 is 0 Å². The fourth-order valence-electron chi connectivity index (χ4n) is 3.21. The molecule has 0 aliphatic rings. The Bertz CT molecular complexity index is 861. The van der Waals surface area contributed by atoms with Crippen LogP contribution >= 0.6 is 12.2 Å². The predicted octanol–water partition coefficient (Wildman–Crippen LogP) is 4.72. The van der Waals surface area contributed by atoms with Gasteiger partial charge in [0.1, 0.15) is 0 Å². The SMILES string of the molecule is Cc1ccccc1CN(CCCn1ccnc1)C(=S)NC(C)c1ccccc1. The van der Waals surface area contributed by atoms with Gasteiger partial charge in [0.2, 0.25) is 0 Å². The van der Waals surface area contributed by atoms with Gasteiger partial charge in [-0.15, -0.1) is 0 Å². The molecule has 0 saturated carbocycles. The molecule has 2 aromatic carbocycles. The van der Waals surface area contributed by atoms with Gasteiger partial charge in [0.15, 0.2) is 5.11 Å². The highest BCUT2D eigenvalue weighted by Crippen LogP contribution is 2.15. The molecule has 1 unspecified atom stereocenters. The second-order valence-corrected chi connectivity index (χ2v) is 7.47. The standard InChI is InChI=1S/C23H28N4S/c1-19-9-6-7-12-22(19)17-27(15-8-14-26-16-13-24-18-26)23(28)25-20(2)21-10-4-3-5-11-21/h3-7,9-13,16,18,20H,8,14-15,17H2,1-2H3,(H,25,28). The van der Waals surface area contributed by atoms with Gasteiger partial charge in [0.25, 0.3) is 0 Å². The minimum atomic E-state index is 0.168. The summed E-state index contributed by atoms with van der Waals surface area (Å²) in [6.07, 6.45) is 6.68. The van der Waals surface area contributed by atoms with Crippen molar-refractivity contribution in [2.75, 3.05) is 6.54 Å². The van der Waals surface area contributed by atoms with E-state index >= 15 is 0 Å². The number of aryl methyl sites for hydroxylation is 2. The third-order valence-electron chi connectivity index (χ3n) is 4.95. The van der Waals surface area contributed by atoms with Crippen LogP contribution in [-0.2, 0) is 13.1 Å². The Morgan fingerprint density at radius 3 is 2.61 bits per heavy atom. The third-order valence-corrected chi connectivity index (χ3v) is 5.33. The summed E-state index contributed by atoms with van der Waals surface area (Å²) in [7, 11) is 0. The zero-order chi connectivity index (χ0) is 19.8. The molecule has 4 nitrogen and oxygen atoms in total. The Labute approximate surface area is 173 Å². The van der Waals surface area contributed by atoms with Crippen LogP contribution in [0, 0.1) is 6.92 Å². The van der Waals surface area contributed by atoms with Crippen LogP contribution in [0.3, 0.4) is 0 Å². The molecule has 1 heterocycles. The van der Waals surface area contributed by atoms with E-state index in [9.17, 15) is 0 Å². The highest BCUT2D eigenvalue weighted by atomic mass is 32.1. The molecule has 0 radical (unpaired) electrons. The molecule has 0 aliphatic heterocycles. The molecule has 3 rings (SSSR count). The lowest BCUT2D eigenvalue weighted by Gasteiger charge is -2.29. The zero-order valence-corrected chi connectivity index (χ0v) is 17.4. The van der Waals surface area contributed by atoms with E-state index in [1.54, 1.807) is 0 Å². The molecule has 0 amide bonds. The first kappa shape index (κ1) is 20.1. The zero-order valence-electron chi connectivity index (χ0n) is 16.6. The van der Waals surface area contributed by atoms with E-state index in [-0.39, 0.29) is 6.04 Å². The maximum absolute atomic E-state index is 5.80. The quantitative estimate of drug-likeness (QED) is 0.562. The highest BCUT2D eigenvalue weighted by Gasteiger charge is 2.14. The molecule has 0 spiro atoms. The number of aromatic nitrogens is 2. The van der Waals surface area contributed by atoms with E-state index in [0.29, 0.717) is 0 Å². The fraction of sp³-hybridized carbons (Fsp3) is 0.304. The van der Waals surface area contributed by atoms with Gasteiger partial charge in [-0.2, -0.15) is 0 Å². The van der Waals surface area contributed by atoms with Gasteiger partial charge in [-0.05, 0) is 49.2 Å². The topological polar surface area (TPSA) is 33.1 Å². The molecule has 1 aromatic heterocycles. The van der Waals surface area contributed by atoms with Crippen LogP contribution in [0.4, 0.5) is 0 Å². The van der Waals surface area contributed by atoms with Crippen LogP contribution in [0.2, 0.25) is 0 Å². The van der Waals surface area contributed by atoms with E-state index in [0.717, 1.165) is 31.2 Å². The molecule has 146 valence electrons. The first-order valence-corrected chi connectivity index (χ1v) is 10.1. The van der Waals surface area contributed by atoms with Gasteiger partial charge in [-0.25, -0.2) is 4.98 Å². The molecular weight excluding hydrogens is 364 g/mol. The average molecular weight is 393 g/mol. The first-order valence-electron chi connectivity index (χ1n) is 9.74. The summed E-state index contributed by atoms with van der Waals surface area (Å²) in [6.45, 7) is 6.94. The Morgan fingerprint density at radius 2 is 1.89 bits per heavy atom. The van der Waals surface area contributed by atoms with Crippen molar-refractivity contribution in [2.24, 2.45) is 0 Å². The largest absolute Gasteiger partial charge is 0.356 e. The summed E-state index contributed by atoms with van der Waals surface area (Å²) in [5.41, 5.74) is 3.83. The summed E-state index contributed by atoms with van der Waals surface area (Å²) in [4.78, 5) is 6.39. The minimum Gasteiger partial charge on any atom is -0.356 e. The Kier molecular flexibility index (Phi) is 7.20. The van der Waals surface area contributed by atoms with Gasteiger partial charge in [0, 0.05) is 32.0 Å². The molecule has 3 aromatic rings. The van der Waals surface area contributed by atoms with Gasteiger partial charge in [-0.3, -0.25) is 0 Å². The molecule has 1 atom stereocenters. The van der Waals surface area contributed by atoms with Gasteiger partial charge in [-0.1, -0.05) is 54.6 Å². The van der Waals surface area contributed by atoms with Crippen molar-refractivity contribution in [2.45, 2.75) is 39.4 Å². The van der Waals surface area contributed by atoms with Crippen molar-refractivity contribution in [3.8, 4) is 0 Å². The van der Waals surface area contributed by atoms with E-state index in [1.165, 1.54) is 16.7 Å². The number of nitrogens with zero attached hydrogens (tertiary/aromatic N) is 3. The van der Waals surface area contributed by atoms with E-state index in [4.69, 9.17) is 12.2 Å². The minimum absolute atomic E-state index is 0.168. The molecular formula is C23H28N4S. The summed E-state index contributed by atoms with van der Waals surface area (Å²) >= 11 is 5.80. The van der Waals surface area contributed by atoms with Crippen molar-refractivity contribution in [1.29, 1.82) is 0 Å². The molecule has 0 bridgehead atoms. The van der Waals surface area contributed by atoms with Gasteiger partial charge < -0.3 is 14.8 Å². The number of hydrogen-bond donors (Lipinski definition) is 1. The summed E-state index contributed by atoms with van der Waals surface area (Å²) in [6, 6.07) is 19.1. The predicted molar refractivity (Wildman–Crippen MR) is 119 cm³/mol. The van der Waals surface area contributed by atoms with Crippen LogP contribution in [0.15, 0.2) is 73.3 Å². The Hall–Kier alpha value is -2.66. The van der Waals surface area contributed by atoms with Crippen molar-refractivity contribution < 1.29 is 0 Å². The molecule has 0 aliphatic carbocycles. The van der Waals surface area contributed by atoms with Crippen LogP contribution < -0.4 is 5.32 Å². The number of rotatable bonds is 8. The molecule has 0 fully saturated rings. The highest BCUT2D eigenvalue weighted by molar-refractivity contribution is 7.80. The maximum Gasteiger partial charge on any atom is 0.169 e. The lowest BCUT2D eigenvalue weighted by atomic mass is 10.1. The number of nitrogens with one attached hydrogen (secondary N) is 1. The number of benzene rings is 2.